The van der Waals surface area contributed by atoms with E-state index in [0.29, 0.717) is 43.9 Å². The Hall–Kier alpha value is -3.56. The Labute approximate surface area is 184 Å². The SMILES string of the molecule is CCOC(=O)N1CCC(NC(=O)CN2C(=O)N[C@](C)(c3cc4ccccc4o3)C2=O)CC1. The Morgan fingerprint density at radius 1 is 1.25 bits per heavy atom. The normalized spacial score (nSPS) is 21.7. The lowest BCUT2D eigenvalue weighted by Crippen LogP contribution is -2.49. The summed E-state index contributed by atoms with van der Waals surface area (Å²) in [5, 5.41) is 6.32. The molecule has 10 heteroatoms. The summed E-state index contributed by atoms with van der Waals surface area (Å²) in [5.41, 5.74) is -0.780. The predicted molar refractivity (Wildman–Crippen MR) is 114 cm³/mol. The Morgan fingerprint density at radius 2 is 1.97 bits per heavy atom. The van der Waals surface area contributed by atoms with E-state index in [0.717, 1.165) is 10.3 Å². The van der Waals surface area contributed by atoms with Gasteiger partial charge in [0.2, 0.25) is 5.91 Å². The van der Waals surface area contributed by atoms with Crippen molar-refractivity contribution in [2.45, 2.75) is 38.3 Å². The van der Waals surface area contributed by atoms with Crippen LogP contribution in [0.2, 0.25) is 0 Å². The number of carbonyl (C=O) groups is 4. The third kappa shape index (κ3) is 4.00. The molecular formula is C22H26N4O6. The third-order valence-electron chi connectivity index (χ3n) is 5.88. The van der Waals surface area contributed by atoms with E-state index >= 15 is 0 Å². The molecule has 3 heterocycles. The summed E-state index contributed by atoms with van der Waals surface area (Å²) < 4.78 is 10.8. The van der Waals surface area contributed by atoms with Gasteiger partial charge < -0.3 is 24.7 Å². The van der Waals surface area contributed by atoms with Crippen LogP contribution in [0.15, 0.2) is 34.7 Å². The number of urea groups is 1. The molecule has 2 aliphatic rings. The number of hydrogen-bond donors (Lipinski definition) is 2. The van der Waals surface area contributed by atoms with Crippen LogP contribution in [-0.4, -0.2) is 66.0 Å². The Morgan fingerprint density at radius 3 is 2.66 bits per heavy atom. The number of nitrogens with one attached hydrogen (secondary N) is 2. The van der Waals surface area contributed by atoms with Crippen molar-refractivity contribution in [2.24, 2.45) is 0 Å². The molecule has 1 aromatic carbocycles. The summed E-state index contributed by atoms with van der Waals surface area (Å²) in [6.07, 6.45) is 0.782. The van der Waals surface area contributed by atoms with Crippen LogP contribution in [0.3, 0.4) is 0 Å². The monoisotopic (exact) mass is 442 g/mol. The second kappa shape index (κ2) is 8.52. The Kier molecular flexibility index (Phi) is 5.77. The van der Waals surface area contributed by atoms with E-state index in [4.69, 9.17) is 9.15 Å². The van der Waals surface area contributed by atoms with Gasteiger partial charge in [0.25, 0.3) is 5.91 Å². The lowest BCUT2D eigenvalue weighted by molar-refractivity contribution is -0.135. The minimum Gasteiger partial charge on any atom is -0.458 e. The second-order valence-corrected chi connectivity index (χ2v) is 8.12. The molecule has 0 saturated carbocycles. The van der Waals surface area contributed by atoms with Gasteiger partial charge in [-0.2, -0.15) is 0 Å². The van der Waals surface area contributed by atoms with E-state index in [2.05, 4.69) is 10.6 Å². The largest absolute Gasteiger partial charge is 0.458 e. The molecular weight excluding hydrogens is 416 g/mol. The molecule has 32 heavy (non-hydrogen) atoms. The summed E-state index contributed by atoms with van der Waals surface area (Å²) in [4.78, 5) is 52.4. The number of likely N-dealkylation sites (tertiary alicyclic amines) is 1. The molecule has 0 unspecified atom stereocenters. The zero-order valence-electron chi connectivity index (χ0n) is 18.1. The smallest absolute Gasteiger partial charge is 0.409 e. The van der Waals surface area contributed by atoms with Crippen LogP contribution in [0.25, 0.3) is 11.0 Å². The van der Waals surface area contributed by atoms with Gasteiger partial charge in [0.05, 0.1) is 6.61 Å². The minimum absolute atomic E-state index is 0.143. The van der Waals surface area contributed by atoms with Crippen molar-refractivity contribution in [3.63, 3.8) is 0 Å². The van der Waals surface area contributed by atoms with Crippen LogP contribution >= 0.6 is 0 Å². The van der Waals surface area contributed by atoms with Crippen molar-refractivity contribution in [3.8, 4) is 0 Å². The van der Waals surface area contributed by atoms with Gasteiger partial charge in [-0.25, -0.2) is 9.59 Å². The fourth-order valence-corrected chi connectivity index (χ4v) is 4.07. The standard InChI is InChI=1S/C22H26N4O6/c1-3-31-21(30)25-10-8-15(9-11-25)23-18(27)13-26-19(28)22(2,24-20(26)29)17-12-14-6-4-5-7-16(14)32-17/h4-7,12,15H,3,8-11,13H2,1-2H3,(H,23,27)(H,24,29)/t22-/m1/s1. The maximum Gasteiger partial charge on any atom is 0.409 e. The number of carbonyl (C=O) groups excluding carboxylic acids is 4. The number of furan rings is 1. The number of rotatable bonds is 5. The second-order valence-electron chi connectivity index (χ2n) is 8.12. The fraction of sp³-hybridized carbons (Fsp3) is 0.455. The van der Waals surface area contributed by atoms with Crippen LogP contribution in [0, 0.1) is 0 Å². The van der Waals surface area contributed by atoms with E-state index in [1.807, 2.05) is 18.2 Å². The number of benzene rings is 1. The molecule has 170 valence electrons. The molecule has 4 rings (SSSR count). The molecule has 2 aromatic rings. The zero-order chi connectivity index (χ0) is 22.9. The number of para-hydroxylation sites is 1. The highest BCUT2D eigenvalue weighted by atomic mass is 16.6. The number of hydrogen-bond acceptors (Lipinski definition) is 6. The van der Waals surface area contributed by atoms with Crippen molar-refractivity contribution in [1.29, 1.82) is 0 Å². The van der Waals surface area contributed by atoms with Crippen molar-refractivity contribution >= 4 is 34.9 Å². The molecule has 0 bridgehead atoms. The summed E-state index contributed by atoms with van der Waals surface area (Å²) >= 11 is 0. The van der Waals surface area contributed by atoms with Gasteiger partial charge in [0.1, 0.15) is 17.9 Å². The first-order valence-corrected chi connectivity index (χ1v) is 10.7. The lowest BCUT2D eigenvalue weighted by atomic mass is 9.99. The van der Waals surface area contributed by atoms with Gasteiger partial charge in [-0.05, 0) is 38.8 Å². The number of nitrogens with zero attached hydrogens (tertiary/aromatic N) is 2. The van der Waals surface area contributed by atoms with Gasteiger partial charge in [-0.15, -0.1) is 0 Å². The first-order chi connectivity index (χ1) is 15.3. The highest BCUT2D eigenvalue weighted by Crippen LogP contribution is 2.32. The molecule has 0 radical (unpaired) electrons. The summed E-state index contributed by atoms with van der Waals surface area (Å²) in [5.74, 6) is -0.669. The molecule has 10 nitrogen and oxygen atoms in total. The highest BCUT2D eigenvalue weighted by Gasteiger charge is 2.51. The van der Waals surface area contributed by atoms with Crippen LogP contribution in [0.5, 0.6) is 0 Å². The summed E-state index contributed by atoms with van der Waals surface area (Å²) in [6.45, 7) is 4.18. The fourth-order valence-electron chi connectivity index (χ4n) is 4.07. The van der Waals surface area contributed by atoms with Crippen molar-refractivity contribution in [1.82, 2.24) is 20.4 Å². The van der Waals surface area contributed by atoms with Crippen molar-refractivity contribution in [3.05, 3.63) is 36.1 Å². The third-order valence-corrected chi connectivity index (χ3v) is 5.88. The average Bonchev–Trinajstić information content (AvgIpc) is 3.30. The molecule has 1 atom stereocenters. The molecule has 2 aliphatic heterocycles. The van der Waals surface area contributed by atoms with Crippen LogP contribution < -0.4 is 10.6 Å². The molecule has 2 saturated heterocycles. The Balaban J connectivity index is 1.36. The highest BCUT2D eigenvalue weighted by molar-refractivity contribution is 6.09. The van der Waals surface area contributed by atoms with Gasteiger partial charge in [0.15, 0.2) is 5.54 Å². The lowest BCUT2D eigenvalue weighted by Gasteiger charge is -2.31. The van der Waals surface area contributed by atoms with Gasteiger partial charge in [0, 0.05) is 24.5 Å². The zero-order valence-corrected chi connectivity index (χ0v) is 18.1. The van der Waals surface area contributed by atoms with Gasteiger partial charge in [-0.1, -0.05) is 18.2 Å². The van der Waals surface area contributed by atoms with E-state index in [1.54, 1.807) is 30.9 Å². The van der Waals surface area contributed by atoms with Crippen LogP contribution in [0.4, 0.5) is 9.59 Å². The quantitative estimate of drug-likeness (QED) is 0.683. The van der Waals surface area contributed by atoms with Gasteiger partial charge in [-0.3, -0.25) is 14.5 Å². The molecule has 1 aromatic heterocycles. The topological polar surface area (TPSA) is 121 Å². The molecule has 0 aliphatic carbocycles. The first-order valence-electron chi connectivity index (χ1n) is 10.7. The van der Waals surface area contributed by atoms with Crippen LogP contribution in [0.1, 0.15) is 32.4 Å². The van der Waals surface area contributed by atoms with E-state index in [9.17, 15) is 19.2 Å². The van der Waals surface area contributed by atoms with Crippen molar-refractivity contribution < 1.29 is 28.3 Å². The summed E-state index contributed by atoms with van der Waals surface area (Å²) in [6, 6.07) is 8.23. The number of ether oxygens (including phenoxy) is 1. The minimum atomic E-state index is -1.39. The molecule has 0 spiro atoms. The first kappa shape index (κ1) is 21.7. The van der Waals surface area contributed by atoms with Crippen LogP contribution in [-0.2, 0) is 19.9 Å². The molecule has 2 N–H and O–H groups in total. The maximum atomic E-state index is 13.1. The predicted octanol–water partition coefficient (Wildman–Crippen LogP) is 1.94. The Bertz CT molecular complexity index is 1020. The molecule has 2 fully saturated rings. The summed E-state index contributed by atoms with van der Waals surface area (Å²) in [7, 11) is 0. The van der Waals surface area contributed by atoms with E-state index in [1.165, 1.54) is 0 Å². The van der Waals surface area contributed by atoms with E-state index in [-0.39, 0.29) is 12.1 Å². The number of fused-ring (bicyclic) bond motifs is 1. The average molecular weight is 442 g/mol. The maximum absolute atomic E-state index is 13.1. The molecule has 5 amide bonds. The number of piperidine rings is 1. The van der Waals surface area contributed by atoms with E-state index < -0.39 is 29.9 Å². The number of imide groups is 1. The van der Waals surface area contributed by atoms with Gasteiger partial charge >= 0.3 is 12.1 Å². The number of amides is 5. The van der Waals surface area contributed by atoms with Crippen molar-refractivity contribution in [2.75, 3.05) is 26.2 Å².